The zero-order valence-electron chi connectivity index (χ0n) is 18.1. The first kappa shape index (κ1) is 22.2. The number of hydrogen-bond donors (Lipinski definition) is 0. The van der Waals surface area contributed by atoms with Crippen molar-refractivity contribution in [2.24, 2.45) is 4.99 Å². The Balaban J connectivity index is 1.92. The van der Waals surface area contributed by atoms with Gasteiger partial charge in [0, 0.05) is 5.56 Å². The monoisotopic (exact) mass is 459 g/mol. The lowest BCUT2D eigenvalue weighted by Crippen LogP contribution is -2.39. The highest BCUT2D eigenvalue weighted by Gasteiger charge is 2.33. The predicted octanol–water partition coefficient (Wildman–Crippen LogP) is 2.70. The highest BCUT2D eigenvalue weighted by Crippen LogP contribution is 2.30. The molecule has 0 saturated carbocycles. The van der Waals surface area contributed by atoms with E-state index >= 15 is 0 Å². The van der Waals surface area contributed by atoms with E-state index in [9.17, 15) is 9.59 Å². The summed E-state index contributed by atoms with van der Waals surface area (Å²) in [5.41, 5.74) is 2.07. The highest BCUT2D eigenvalue weighted by atomic mass is 32.1. The first-order valence-corrected chi connectivity index (χ1v) is 11.2. The summed E-state index contributed by atoms with van der Waals surface area (Å²) in [6.45, 7) is 3.62. The van der Waals surface area contributed by atoms with Gasteiger partial charge < -0.3 is 9.47 Å². The van der Waals surface area contributed by atoms with Crippen LogP contribution < -0.4 is 19.6 Å². The van der Waals surface area contributed by atoms with Crippen molar-refractivity contribution >= 4 is 23.4 Å². The van der Waals surface area contributed by atoms with Gasteiger partial charge in [0.1, 0.15) is 11.8 Å². The van der Waals surface area contributed by atoms with Crippen LogP contribution >= 0.6 is 11.3 Å². The molecule has 2 heterocycles. The van der Waals surface area contributed by atoms with Gasteiger partial charge in [0.25, 0.3) is 5.56 Å². The lowest BCUT2D eigenvalue weighted by Gasteiger charge is -2.24. The number of aromatic nitrogens is 1. The van der Waals surface area contributed by atoms with E-state index in [0.29, 0.717) is 31.9 Å². The Labute approximate surface area is 194 Å². The van der Waals surface area contributed by atoms with Crippen LogP contribution in [-0.4, -0.2) is 23.8 Å². The van der Waals surface area contributed by atoms with Gasteiger partial charge in [-0.2, -0.15) is 5.26 Å². The van der Waals surface area contributed by atoms with Crippen LogP contribution in [0.5, 0.6) is 5.75 Å². The first-order valence-electron chi connectivity index (χ1n) is 10.4. The Kier molecular flexibility index (Phi) is 6.52. The summed E-state index contributed by atoms with van der Waals surface area (Å²) < 4.78 is 12.8. The number of fused-ring (bicyclic) bond motifs is 1. The number of esters is 1. The molecular weight excluding hydrogens is 438 g/mol. The summed E-state index contributed by atoms with van der Waals surface area (Å²) in [6.07, 6.45) is 1.72. The quantitative estimate of drug-likeness (QED) is 0.529. The molecule has 1 aliphatic rings. The summed E-state index contributed by atoms with van der Waals surface area (Å²) in [5.74, 6) is 0.0185. The van der Waals surface area contributed by atoms with E-state index in [2.05, 4.69) is 4.99 Å². The van der Waals surface area contributed by atoms with Crippen molar-refractivity contribution in [2.45, 2.75) is 19.9 Å². The Bertz CT molecular complexity index is 1450. The molecule has 0 N–H and O–H groups in total. The molecule has 0 radical (unpaired) electrons. The molecular formula is C25H21N3O4S. The Hall–Kier alpha value is -3.96. The molecule has 166 valence electrons. The minimum atomic E-state index is -0.645. The predicted molar refractivity (Wildman–Crippen MR) is 124 cm³/mol. The van der Waals surface area contributed by atoms with E-state index in [1.807, 2.05) is 48.5 Å². The van der Waals surface area contributed by atoms with Crippen molar-refractivity contribution in [1.29, 1.82) is 5.26 Å². The van der Waals surface area contributed by atoms with E-state index in [-0.39, 0.29) is 18.8 Å². The molecule has 0 saturated heterocycles. The first-order chi connectivity index (χ1) is 16.0. The molecule has 0 spiro atoms. The van der Waals surface area contributed by atoms with Gasteiger partial charge in [-0.15, -0.1) is 0 Å². The van der Waals surface area contributed by atoms with Crippen LogP contribution in [0.1, 0.15) is 31.0 Å². The average Bonchev–Trinajstić information content (AvgIpc) is 3.12. The molecule has 1 atom stereocenters. The van der Waals surface area contributed by atoms with Crippen LogP contribution in [0.2, 0.25) is 0 Å². The highest BCUT2D eigenvalue weighted by molar-refractivity contribution is 7.07. The maximum Gasteiger partial charge on any atom is 0.338 e. The normalized spacial score (nSPS) is 15.4. The van der Waals surface area contributed by atoms with E-state index in [0.717, 1.165) is 5.56 Å². The van der Waals surface area contributed by atoms with Crippen LogP contribution in [0, 0.1) is 11.3 Å². The number of carbonyl (C=O) groups is 1. The molecule has 0 aliphatic carbocycles. The summed E-state index contributed by atoms with van der Waals surface area (Å²) in [6, 6.07) is 17.9. The average molecular weight is 460 g/mol. The summed E-state index contributed by atoms with van der Waals surface area (Å²) in [4.78, 5) is 31.5. The molecule has 0 unspecified atom stereocenters. The second kappa shape index (κ2) is 9.67. The smallest absolute Gasteiger partial charge is 0.338 e. The Morgan fingerprint density at radius 2 is 1.94 bits per heavy atom. The van der Waals surface area contributed by atoms with E-state index in [4.69, 9.17) is 14.7 Å². The fourth-order valence-electron chi connectivity index (χ4n) is 3.72. The maximum atomic E-state index is 13.6. The van der Waals surface area contributed by atoms with Crippen molar-refractivity contribution in [1.82, 2.24) is 4.57 Å². The van der Waals surface area contributed by atoms with Gasteiger partial charge in [-0.1, -0.05) is 59.9 Å². The summed E-state index contributed by atoms with van der Waals surface area (Å²) in [5, 5.41) is 8.84. The van der Waals surface area contributed by atoms with Gasteiger partial charge >= 0.3 is 5.97 Å². The van der Waals surface area contributed by atoms with Crippen LogP contribution in [0.25, 0.3) is 6.08 Å². The number of para-hydroxylation sites is 1. The Morgan fingerprint density at radius 1 is 1.21 bits per heavy atom. The van der Waals surface area contributed by atoms with Gasteiger partial charge in [0.2, 0.25) is 0 Å². The van der Waals surface area contributed by atoms with E-state index < -0.39 is 12.0 Å². The fraction of sp³-hybridized carbons (Fsp3) is 0.200. The van der Waals surface area contributed by atoms with Crippen molar-refractivity contribution in [3.05, 3.63) is 96.7 Å². The van der Waals surface area contributed by atoms with Crippen LogP contribution in [0.3, 0.4) is 0 Å². The molecule has 8 heteroatoms. The summed E-state index contributed by atoms with van der Waals surface area (Å²) in [7, 11) is 0. The van der Waals surface area contributed by atoms with Crippen molar-refractivity contribution < 1.29 is 14.3 Å². The van der Waals surface area contributed by atoms with Crippen LogP contribution in [0.15, 0.2) is 75.7 Å². The van der Waals surface area contributed by atoms with Gasteiger partial charge in [0.15, 0.2) is 11.4 Å². The molecule has 1 aromatic heterocycles. The molecule has 33 heavy (non-hydrogen) atoms. The Morgan fingerprint density at radius 3 is 2.67 bits per heavy atom. The van der Waals surface area contributed by atoms with Gasteiger partial charge in [-0.05, 0) is 31.6 Å². The minimum Gasteiger partial charge on any atom is -0.478 e. The number of ether oxygens (including phenoxy) is 2. The molecule has 2 aromatic carbocycles. The SMILES string of the molecule is CCOC(=O)C1=C(C)N=c2s/c(=C\c3ccccc3OCC#N)c(=O)n2[C@@H]1c1ccccc1. The topological polar surface area (TPSA) is 93.7 Å². The molecule has 7 nitrogen and oxygen atoms in total. The third kappa shape index (κ3) is 4.36. The van der Waals surface area contributed by atoms with Crippen LogP contribution in [0.4, 0.5) is 0 Å². The maximum absolute atomic E-state index is 13.6. The number of benzene rings is 2. The number of hydrogen-bond acceptors (Lipinski definition) is 7. The lowest BCUT2D eigenvalue weighted by atomic mass is 9.96. The van der Waals surface area contributed by atoms with Gasteiger partial charge in [-0.3, -0.25) is 9.36 Å². The number of rotatable bonds is 6. The number of allylic oxidation sites excluding steroid dienone is 1. The number of nitriles is 1. The zero-order chi connectivity index (χ0) is 23.4. The van der Waals surface area contributed by atoms with Crippen molar-refractivity contribution in [2.75, 3.05) is 13.2 Å². The zero-order valence-corrected chi connectivity index (χ0v) is 19.0. The number of nitrogens with zero attached hydrogens (tertiary/aromatic N) is 3. The third-order valence-corrected chi connectivity index (χ3v) is 6.11. The second-order valence-electron chi connectivity index (χ2n) is 7.20. The standard InChI is InChI=1S/C25H21N3O4S/c1-3-31-24(30)21-16(2)27-25-28(22(21)17-9-5-4-6-10-17)23(29)20(33-25)15-18-11-7-8-12-19(18)32-14-13-26/h4-12,15,22H,3,14H2,1-2H3/b20-15-/t22-/m1/s1. The molecule has 1 aliphatic heterocycles. The molecule has 0 bridgehead atoms. The minimum absolute atomic E-state index is 0.0950. The van der Waals surface area contributed by atoms with Gasteiger partial charge in [0.05, 0.1) is 28.5 Å². The number of thiazole rings is 1. The molecule has 3 aromatic rings. The van der Waals surface area contributed by atoms with Crippen molar-refractivity contribution in [3.8, 4) is 11.8 Å². The molecule has 0 amide bonds. The van der Waals surface area contributed by atoms with Crippen molar-refractivity contribution in [3.63, 3.8) is 0 Å². The number of carbonyl (C=O) groups excluding carboxylic acids is 1. The second-order valence-corrected chi connectivity index (χ2v) is 8.21. The molecule has 0 fully saturated rings. The third-order valence-electron chi connectivity index (χ3n) is 5.13. The molecule has 4 rings (SSSR count). The largest absolute Gasteiger partial charge is 0.478 e. The van der Waals surface area contributed by atoms with Crippen LogP contribution in [-0.2, 0) is 9.53 Å². The van der Waals surface area contributed by atoms with Gasteiger partial charge in [-0.25, -0.2) is 9.79 Å². The van der Waals surface area contributed by atoms with E-state index in [1.165, 1.54) is 11.3 Å². The lowest BCUT2D eigenvalue weighted by molar-refractivity contribution is -0.139. The fourth-order valence-corrected chi connectivity index (χ4v) is 4.76. The summed E-state index contributed by atoms with van der Waals surface area (Å²) >= 11 is 1.24. The van der Waals surface area contributed by atoms with E-state index in [1.54, 1.807) is 36.6 Å².